The van der Waals surface area contributed by atoms with Crippen LogP contribution in [0, 0.1) is 17.8 Å². The molecule has 0 radical (unpaired) electrons. The van der Waals surface area contributed by atoms with Gasteiger partial charge >= 0.3 is 0 Å². The summed E-state index contributed by atoms with van der Waals surface area (Å²) < 4.78 is 0. The zero-order chi connectivity index (χ0) is 9.56. The van der Waals surface area contributed by atoms with Crippen molar-refractivity contribution in [1.29, 1.82) is 0 Å². The number of allylic oxidation sites excluding steroid dienone is 2. The zero-order valence-electron chi connectivity index (χ0n) is 9.30. The van der Waals surface area contributed by atoms with Crippen LogP contribution < -0.4 is 0 Å². The van der Waals surface area contributed by atoms with Gasteiger partial charge in [0.2, 0.25) is 0 Å². The largest absolute Gasteiger partial charge is 0.0880 e. The van der Waals surface area contributed by atoms with Crippen molar-refractivity contribution < 1.29 is 0 Å². The van der Waals surface area contributed by atoms with Crippen LogP contribution in [0.3, 0.4) is 0 Å². The van der Waals surface area contributed by atoms with Crippen LogP contribution in [-0.4, -0.2) is 0 Å². The summed E-state index contributed by atoms with van der Waals surface area (Å²) in [6, 6.07) is 0. The van der Waals surface area contributed by atoms with Crippen molar-refractivity contribution in [2.45, 2.75) is 47.5 Å². The predicted molar refractivity (Wildman–Crippen MR) is 57.2 cm³/mol. The molecular formula is C12H24. The van der Waals surface area contributed by atoms with E-state index in [-0.39, 0.29) is 0 Å². The summed E-state index contributed by atoms with van der Waals surface area (Å²) in [5.74, 6) is 2.39. The van der Waals surface area contributed by atoms with Crippen molar-refractivity contribution in [2.75, 3.05) is 0 Å². The Balaban J connectivity index is 3.49. The van der Waals surface area contributed by atoms with Crippen LogP contribution in [0.25, 0.3) is 0 Å². The lowest BCUT2D eigenvalue weighted by Gasteiger charge is -2.11. The molecule has 0 unspecified atom stereocenters. The highest BCUT2D eigenvalue weighted by Crippen LogP contribution is 2.15. The maximum absolute atomic E-state index is 2.34. The summed E-state index contributed by atoms with van der Waals surface area (Å²) in [6.45, 7) is 11.4. The van der Waals surface area contributed by atoms with Crippen molar-refractivity contribution in [3.05, 3.63) is 12.2 Å². The molecule has 0 aromatic heterocycles. The van der Waals surface area contributed by atoms with Gasteiger partial charge in [-0.05, 0) is 30.6 Å². The SMILES string of the molecule is CC(C)/C=C/C[C@H](C)CC(C)C. The molecule has 0 aliphatic carbocycles. The second-order valence-electron chi connectivity index (χ2n) is 4.64. The normalized spacial score (nSPS) is 14.9. The van der Waals surface area contributed by atoms with Crippen LogP contribution in [-0.2, 0) is 0 Å². The van der Waals surface area contributed by atoms with Gasteiger partial charge in [0.25, 0.3) is 0 Å². The minimum Gasteiger partial charge on any atom is -0.0880 e. The highest BCUT2D eigenvalue weighted by molar-refractivity contribution is 4.85. The van der Waals surface area contributed by atoms with E-state index < -0.39 is 0 Å². The molecule has 0 N–H and O–H groups in total. The van der Waals surface area contributed by atoms with Crippen LogP contribution in [0.5, 0.6) is 0 Å². The Morgan fingerprint density at radius 2 is 1.58 bits per heavy atom. The lowest BCUT2D eigenvalue weighted by Crippen LogP contribution is -1.98. The maximum Gasteiger partial charge on any atom is -0.0290 e. The van der Waals surface area contributed by atoms with Gasteiger partial charge in [-0.3, -0.25) is 0 Å². The molecule has 0 bridgehead atoms. The molecule has 0 aromatic carbocycles. The van der Waals surface area contributed by atoms with E-state index in [0.29, 0.717) is 5.92 Å². The monoisotopic (exact) mass is 168 g/mol. The first-order valence-corrected chi connectivity index (χ1v) is 5.19. The fourth-order valence-corrected chi connectivity index (χ4v) is 1.48. The summed E-state index contributed by atoms with van der Waals surface area (Å²) in [4.78, 5) is 0. The molecule has 12 heavy (non-hydrogen) atoms. The van der Waals surface area contributed by atoms with Gasteiger partial charge in [-0.2, -0.15) is 0 Å². The zero-order valence-corrected chi connectivity index (χ0v) is 9.30. The third kappa shape index (κ3) is 7.84. The molecule has 0 aliphatic heterocycles. The number of hydrogen-bond acceptors (Lipinski definition) is 0. The molecule has 0 saturated heterocycles. The van der Waals surface area contributed by atoms with E-state index in [2.05, 4.69) is 46.8 Å². The maximum atomic E-state index is 2.34. The average Bonchev–Trinajstić information content (AvgIpc) is 1.84. The van der Waals surface area contributed by atoms with Crippen LogP contribution in [0.15, 0.2) is 12.2 Å². The lowest BCUT2D eigenvalue weighted by atomic mass is 9.95. The quantitative estimate of drug-likeness (QED) is 0.538. The molecular weight excluding hydrogens is 144 g/mol. The van der Waals surface area contributed by atoms with E-state index in [0.717, 1.165) is 11.8 Å². The van der Waals surface area contributed by atoms with Crippen molar-refractivity contribution in [1.82, 2.24) is 0 Å². The second-order valence-corrected chi connectivity index (χ2v) is 4.64. The van der Waals surface area contributed by atoms with Crippen LogP contribution >= 0.6 is 0 Å². The molecule has 0 amide bonds. The highest BCUT2D eigenvalue weighted by atomic mass is 14.1. The second kappa shape index (κ2) is 6.28. The first-order chi connectivity index (χ1) is 5.52. The number of rotatable bonds is 5. The van der Waals surface area contributed by atoms with E-state index in [4.69, 9.17) is 0 Å². The molecule has 72 valence electrons. The third-order valence-electron chi connectivity index (χ3n) is 1.93. The van der Waals surface area contributed by atoms with Gasteiger partial charge in [-0.25, -0.2) is 0 Å². The van der Waals surface area contributed by atoms with Gasteiger partial charge in [-0.1, -0.05) is 46.8 Å². The Bertz CT molecular complexity index is 120. The molecule has 0 heterocycles. The molecule has 0 fully saturated rings. The Kier molecular flexibility index (Phi) is 6.14. The Hall–Kier alpha value is -0.260. The smallest absolute Gasteiger partial charge is 0.0290 e. The standard InChI is InChI=1S/C12H24/c1-10(2)7-6-8-12(5)9-11(3)4/h6-7,10-12H,8-9H2,1-5H3/b7-6+/t12-/m0/s1. The summed E-state index contributed by atoms with van der Waals surface area (Å²) in [7, 11) is 0. The fourth-order valence-electron chi connectivity index (χ4n) is 1.48. The molecule has 0 rings (SSSR count). The van der Waals surface area contributed by atoms with Crippen LogP contribution in [0.4, 0.5) is 0 Å². The minimum absolute atomic E-state index is 0.705. The molecule has 0 heteroatoms. The molecule has 0 nitrogen and oxygen atoms in total. The van der Waals surface area contributed by atoms with Gasteiger partial charge in [0.15, 0.2) is 0 Å². The Morgan fingerprint density at radius 1 is 1.00 bits per heavy atom. The molecule has 0 saturated carbocycles. The average molecular weight is 168 g/mol. The van der Waals surface area contributed by atoms with Crippen molar-refractivity contribution >= 4 is 0 Å². The summed E-state index contributed by atoms with van der Waals surface area (Å²) in [6.07, 6.45) is 7.23. The van der Waals surface area contributed by atoms with E-state index in [1.165, 1.54) is 12.8 Å². The topological polar surface area (TPSA) is 0 Å². The summed E-state index contributed by atoms with van der Waals surface area (Å²) >= 11 is 0. The third-order valence-corrected chi connectivity index (χ3v) is 1.93. The molecule has 0 spiro atoms. The van der Waals surface area contributed by atoms with Gasteiger partial charge < -0.3 is 0 Å². The Morgan fingerprint density at radius 3 is 2.00 bits per heavy atom. The first-order valence-electron chi connectivity index (χ1n) is 5.19. The van der Waals surface area contributed by atoms with Crippen LogP contribution in [0.1, 0.15) is 47.5 Å². The first kappa shape index (κ1) is 11.7. The summed E-state index contributed by atoms with van der Waals surface area (Å²) in [5, 5.41) is 0. The van der Waals surface area contributed by atoms with E-state index in [1.54, 1.807) is 0 Å². The Labute approximate surface area is 78.1 Å². The van der Waals surface area contributed by atoms with Crippen LogP contribution in [0.2, 0.25) is 0 Å². The highest BCUT2D eigenvalue weighted by Gasteiger charge is 2.02. The fraction of sp³-hybridized carbons (Fsp3) is 0.833. The van der Waals surface area contributed by atoms with Gasteiger partial charge in [0.05, 0.1) is 0 Å². The van der Waals surface area contributed by atoms with E-state index >= 15 is 0 Å². The minimum atomic E-state index is 0.705. The van der Waals surface area contributed by atoms with E-state index in [1.807, 2.05) is 0 Å². The predicted octanol–water partition coefficient (Wildman–Crippen LogP) is 4.27. The van der Waals surface area contributed by atoms with Gasteiger partial charge in [0.1, 0.15) is 0 Å². The summed E-state index contributed by atoms with van der Waals surface area (Å²) in [5.41, 5.74) is 0. The van der Waals surface area contributed by atoms with Crippen molar-refractivity contribution in [3.8, 4) is 0 Å². The molecule has 1 atom stereocenters. The van der Waals surface area contributed by atoms with E-state index in [9.17, 15) is 0 Å². The van der Waals surface area contributed by atoms with Gasteiger partial charge in [0, 0.05) is 0 Å². The number of hydrogen-bond donors (Lipinski definition) is 0. The molecule has 0 aliphatic rings. The lowest BCUT2D eigenvalue weighted by molar-refractivity contribution is 0.442. The van der Waals surface area contributed by atoms with Crippen molar-refractivity contribution in [3.63, 3.8) is 0 Å². The van der Waals surface area contributed by atoms with Gasteiger partial charge in [-0.15, -0.1) is 0 Å². The molecule has 0 aromatic rings. The van der Waals surface area contributed by atoms with Crippen molar-refractivity contribution in [2.24, 2.45) is 17.8 Å².